The molecule has 0 aliphatic carbocycles. The first kappa shape index (κ1) is 25.1. The van der Waals surface area contributed by atoms with Crippen molar-refractivity contribution >= 4 is 46.7 Å². The van der Waals surface area contributed by atoms with Crippen molar-refractivity contribution in [2.24, 2.45) is 0 Å². The number of aromatic nitrogens is 2. The lowest BCUT2D eigenvalue weighted by Gasteiger charge is -2.11. The van der Waals surface area contributed by atoms with Crippen molar-refractivity contribution in [3.63, 3.8) is 0 Å². The lowest BCUT2D eigenvalue weighted by molar-refractivity contribution is -0.140. The Morgan fingerprint density at radius 2 is 1.70 bits per heavy atom. The summed E-state index contributed by atoms with van der Waals surface area (Å²) in [7, 11) is 1.37. The standard InChI is InChI=1S/C24H24Cl3N3O3/c1-15-22(24(32)28-13-5-3-4-6-21(31)33-2)29-30(20-12-11-18(26)14-19(20)27)23(15)16-7-9-17(25)10-8-16/h7-12,14H,3-6,13H2,1-2H3,(H,28,32). The number of esters is 1. The first-order chi connectivity index (χ1) is 15.8. The molecule has 1 amide bonds. The molecule has 3 rings (SSSR count). The number of hydrogen-bond donors (Lipinski definition) is 1. The van der Waals surface area contributed by atoms with E-state index in [9.17, 15) is 9.59 Å². The van der Waals surface area contributed by atoms with Crippen LogP contribution >= 0.6 is 34.8 Å². The average Bonchev–Trinajstić information content (AvgIpc) is 3.13. The molecule has 1 N–H and O–H groups in total. The molecule has 9 heteroatoms. The van der Waals surface area contributed by atoms with Crippen molar-refractivity contribution in [1.29, 1.82) is 0 Å². The molecule has 6 nitrogen and oxygen atoms in total. The fraction of sp³-hybridized carbons (Fsp3) is 0.292. The van der Waals surface area contributed by atoms with Crippen molar-refractivity contribution in [3.8, 4) is 16.9 Å². The fourth-order valence-electron chi connectivity index (χ4n) is 3.44. The van der Waals surface area contributed by atoms with Gasteiger partial charge in [-0.2, -0.15) is 5.10 Å². The van der Waals surface area contributed by atoms with Gasteiger partial charge in [0.1, 0.15) is 0 Å². The number of methoxy groups -OCH3 is 1. The van der Waals surface area contributed by atoms with Gasteiger partial charge in [0.15, 0.2) is 5.69 Å². The van der Waals surface area contributed by atoms with Crippen LogP contribution in [-0.2, 0) is 9.53 Å². The Bertz CT molecular complexity index is 1140. The number of nitrogens with zero attached hydrogens (tertiary/aromatic N) is 2. The fourth-order valence-corrected chi connectivity index (χ4v) is 4.06. The Hall–Kier alpha value is -2.54. The molecule has 0 aliphatic heterocycles. The van der Waals surface area contributed by atoms with Crippen LogP contribution in [0, 0.1) is 6.92 Å². The van der Waals surface area contributed by atoms with E-state index in [2.05, 4.69) is 15.2 Å². The largest absolute Gasteiger partial charge is 0.469 e. The summed E-state index contributed by atoms with van der Waals surface area (Å²) < 4.78 is 6.29. The smallest absolute Gasteiger partial charge is 0.305 e. The second kappa shape index (κ2) is 11.5. The Labute approximate surface area is 207 Å². The third kappa shape index (κ3) is 6.28. The highest BCUT2D eigenvalue weighted by Gasteiger charge is 2.23. The third-order valence-corrected chi connectivity index (χ3v) is 5.95. The van der Waals surface area contributed by atoms with Gasteiger partial charge < -0.3 is 10.1 Å². The quantitative estimate of drug-likeness (QED) is 0.273. The Morgan fingerprint density at radius 3 is 2.36 bits per heavy atom. The van der Waals surface area contributed by atoms with E-state index in [1.165, 1.54) is 7.11 Å². The number of halogens is 3. The minimum atomic E-state index is -0.278. The highest BCUT2D eigenvalue weighted by molar-refractivity contribution is 6.35. The second-order valence-electron chi connectivity index (χ2n) is 7.48. The van der Waals surface area contributed by atoms with Crippen molar-refractivity contribution in [2.75, 3.05) is 13.7 Å². The molecule has 0 saturated heterocycles. The first-order valence-electron chi connectivity index (χ1n) is 10.5. The first-order valence-corrected chi connectivity index (χ1v) is 11.6. The number of unbranched alkanes of at least 4 members (excludes halogenated alkanes) is 2. The number of benzene rings is 2. The number of carbonyl (C=O) groups is 2. The molecule has 0 fully saturated rings. The van der Waals surface area contributed by atoms with Crippen molar-refractivity contribution in [2.45, 2.75) is 32.6 Å². The summed E-state index contributed by atoms with van der Waals surface area (Å²) in [5.41, 5.74) is 3.21. The van der Waals surface area contributed by atoms with Gasteiger partial charge in [0.2, 0.25) is 0 Å². The molecule has 0 saturated carbocycles. The number of amides is 1. The SMILES string of the molecule is COC(=O)CCCCCNC(=O)c1nn(-c2ccc(Cl)cc2Cl)c(-c2ccc(Cl)cc2)c1C. The van der Waals surface area contributed by atoms with E-state index >= 15 is 0 Å². The minimum Gasteiger partial charge on any atom is -0.469 e. The zero-order chi connectivity index (χ0) is 24.0. The van der Waals surface area contributed by atoms with E-state index in [0.717, 1.165) is 24.1 Å². The second-order valence-corrected chi connectivity index (χ2v) is 8.76. The highest BCUT2D eigenvalue weighted by Crippen LogP contribution is 2.33. The van der Waals surface area contributed by atoms with Gasteiger partial charge in [0.25, 0.3) is 5.91 Å². The maximum atomic E-state index is 12.9. The summed E-state index contributed by atoms with van der Waals surface area (Å²) >= 11 is 18.6. The molecule has 3 aromatic rings. The summed E-state index contributed by atoms with van der Waals surface area (Å²) in [4.78, 5) is 24.1. The van der Waals surface area contributed by atoms with Crippen LogP contribution in [0.25, 0.3) is 16.9 Å². The number of ether oxygens (including phenoxy) is 1. The molecular formula is C24H24Cl3N3O3. The summed E-state index contributed by atoms with van der Waals surface area (Å²) in [6, 6.07) is 12.4. The summed E-state index contributed by atoms with van der Waals surface area (Å²) in [5.74, 6) is -0.504. The molecule has 0 atom stereocenters. The summed E-state index contributed by atoms with van der Waals surface area (Å²) in [5, 5.41) is 9.04. The molecule has 174 valence electrons. The van der Waals surface area contributed by atoms with Gasteiger partial charge in [-0.3, -0.25) is 9.59 Å². The lowest BCUT2D eigenvalue weighted by atomic mass is 10.1. The van der Waals surface area contributed by atoms with Crippen molar-refractivity contribution in [1.82, 2.24) is 15.1 Å². The molecule has 33 heavy (non-hydrogen) atoms. The lowest BCUT2D eigenvalue weighted by Crippen LogP contribution is -2.25. The number of carbonyl (C=O) groups excluding carboxylic acids is 2. The van der Waals surface area contributed by atoms with Gasteiger partial charge in [-0.1, -0.05) is 53.4 Å². The monoisotopic (exact) mass is 507 g/mol. The zero-order valence-electron chi connectivity index (χ0n) is 18.3. The predicted molar refractivity (Wildman–Crippen MR) is 132 cm³/mol. The van der Waals surface area contributed by atoms with Crippen molar-refractivity contribution < 1.29 is 14.3 Å². The van der Waals surface area contributed by atoms with Gasteiger partial charge in [0.05, 0.1) is 23.5 Å². The van der Waals surface area contributed by atoms with Crippen LogP contribution in [0.3, 0.4) is 0 Å². The van der Waals surface area contributed by atoms with E-state index in [-0.39, 0.29) is 11.9 Å². The van der Waals surface area contributed by atoms with Gasteiger partial charge in [-0.25, -0.2) is 4.68 Å². The Balaban J connectivity index is 1.84. The molecule has 2 aromatic carbocycles. The molecule has 0 spiro atoms. The third-order valence-electron chi connectivity index (χ3n) is 5.16. The Morgan fingerprint density at radius 1 is 1.00 bits per heavy atom. The molecule has 0 bridgehead atoms. The van der Waals surface area contributed by atoms with Crippen LogP contribution in [0.1, 0.15) is 41.7 Å². The molecule has 1 heterocycles. The van der Waals surface area contributed by atoms with Crippen LogP contribution in [0.2, 0.25) is 15.1 Å². The van der Waals surface area contributed by atoms with Gasteiger partial charge in [-0.15, -0.1) is 0 Å². The zero-order valence-corrected chi connectivity index (χ0v) is 20.6. The molecule has 0 radical (unpaired) electrons. The van der Waals surface area contributed by atoms with Crippen LogP contribution in [-0.4, -0.2) is 35.3 Å². The van der Waals surface area contributed by atoms with Gasteiger partial charge >= 0.3 is 5.97 Å². The van der Waals surface area contributed by atoms with Crippen LogP contribution in [0.15, 0.2) is 42.5 Å². The van der Waals surface area contributed by atoms with Gasteiger partial charge in [0, 0.05) is 34.1 Å². The van der Waals surface area contributed by atoms with Crippen LogP contribution < -0.4 is 5.32 Å². The topological polar surface area (TPSA) is 73.2 Å². The Kier molecular flexibility index (Phi) is 8.78. The minimum absolute atomic E-state index is 0.226. The highest BCUT2D eigenvalue weighted by atomic mass is 35.5. The maximum absolute atomic E-state index is 12.9. The van der Waals surface area contributed by atoms with Crippen molar-refractivity contribution in [3.05, 3.63) is 68.8 Å². The number of hydrogen-bond acceptors (Lipinski definition) is 4. The summed E-state index contributed by atoms with van der Waals surface area (Å²) in [6.07, 6.45) is 2.64. The predicted octanol–water partition coefficient (Wildman–Crippen LogP) is 6.27. The molecule has 0 unspecified atom stereocenters. The molecular weight excluding hydrogens is 485 g/mol. The average molecular weight is 509 g/mol. The van der Waals surface area contributed by atoms with Crippen LogP contribution in [0.4, 0.5) is 0 Å². The van der Waals surface area contributed by atoms with Crippen LogP contribution in [0.5, 0.6) is 0 Å². The molecule has 1 aromatic heterocycles. The number of rotatable bonds is 9. The van der Waals surface area contributed by atoms with E-state index in [1.807, 2.05) is 19.1 Å². The van der Waals surface area contributed by atoms with E-state index in [4.69, 9.17) is 34.8 Å². The maximum Gasteiger partial charge on any atom is 0.305 e. The van der Waals surface area contributed by atoms with Gasteiger partial charge in [-0.05, 0) is 50.1 Å². The molecule has 0 aliphatic rings. The summed E-state index contributed by atoms with van der Waals surface area (Å²) in [6.45, 7) is 2.33. The van der Waals surface area contributed by atoms with E-state index < -0.39 is 0 Å². The van der Waals surface area contributed by atoms with E-state index in [1.54, 1.807) is 35.0 Å². The number of nitrogens with one attached hydrogen (secondary N) is 1. The van der Waals surface area contributed by atoms with E-state index in [0.29, 0.717) is 51.4 Å². The normalized spacial score (nSPS) is 10.8.